The summed E-state index contributed by atoms with van der Waals surface area (Å²) in [5.41, 5.74) is 1.87. The van der Waals surface area contributed by atoms with Crippen molar-refractivity contribution >= 4 is 6.08 Å². The molecule has 2 rings (SSSR count). The third kappa shape index (κ3) is 3.53. The van der Waals surface area contributed by atoms with Crippen LogP contribution in [0.3, 0.4) is 0 Å². The van der Waals surface area contributed by atoms with Crippen LogP contribution < -0.4 is 4.74 Å². The van der Waals surface area contributed by atoms with Gasteiger partial charge in [0.25, 0.3) is 0 Å². The molecular formula is C19H16N2O. The molecule has 2 aromatic carbocycles. The Hall–Kier alpha value is -3.04. The fourth-order valence-electron chi connectivity index (χ4n) is 2.11. The monoisotopic (exact) mass is 288 g/mol. The van der Waals surface area contributed by atoms with E-state index in [1.54, 1.807) is 0 Å². The summed E-state index contributed by atoms with van der Waals surface area (Å²) in [6.07, 6.45) is 1.54. The lowest BCUT2D eigenvalue weighted by atomic mass is 10.0. The van der Waals surface area contributed by atoms with Crippen molar-refractivity contribution in [2.75, 3.05) is 0 Å². The van der Waals surface area contributed by atoms with Crippen LogP contribution in [0.2, 0.25) is 0 Å². The maximum Gasteiger partial charge on any atom is 0.134 e. The van der Waals surface area contributed by atoms with Crippen LogP contribution >= 0.6 is 0 Å². The van der Waals surface area contributed by atoms with Gasteiger partial charge in [0.05, 0.1) is 0 Å². The van der Waals surface area contributed by atoms with Gasteiger partial charge in [0.15, 0.2) is 0 Å². The van der Waals surface area contributed by atoms with Crippen molar-refractivity contribution in [2.45, 2.75) is 19.8 Å². The van der Waals surface area contributed by atoms with Crippen molar-refractivity contribution in [1.29, 1.82) is 10.5 Å². The Bertz CT molecular complexity index is 761. The molecule has 0 fully saturated rings. The molecule has 0 saturated carbocycles. The van der Waals surface area contributed by atoms with Crippen LogP contribution in [0, 0.1) is 22.7 Å². The number of hydrogen-bond acceptors (Lipinski definition) is 3. The van der Waals surface area contributed by atoms with Crippen molar-refractivity contribution in [2.24, 2.45) is 0 Å². The third-order valence-electron chi connectivity index (χ3n) is 3.22. The molecule has 0 unspecified atom stereocenters. The van der Waals surface area contributed by atoms with E-state index in [0.717, 1.165) is 11.3 Å². The second kappa shape index (κ2) is 7.11. The lowest BCUT2D eigenvalue weighted by Gasteiger charge is -2.15. The van der Waals surface area contributed by atoms with Gasteiger partial charge >= 0.3 is 0 Å². The Kier molecular flexibility index (Phi) is 4.96. The van der Waals surface area contributed by atoms with E-state index >= 15 is 0 Å². The van der Waals surface area contributed by atoms with Gasteiger partial charge in [0, 0.05) is 5.56 Å². The molecule has 0 aliphatic heterocycles. The van der Waals surface area contributed by atoms with E-state index in [0.29, 0.717) is 17.2 Å². The van der Waals surface area contributed by atoms with Crippen LogP contribution in [-0.4, -0.2) is 0 Å². The van der Waals surface area contributed by atoms with Gasteiger partial charge in [0.1, 0.15) is 29.2 Å². The number of rotatable bonds is 4. The number of allylic oxidation sites excluding steroid dienone is 1. The van der Waals surface area contributed by atoms with Gasteiger partial charge in [-0.3, -0.25) is 0 Å². The summed E-state index contributed by atoms with van der Waals surface area (Å²) >= 11 is 0. The van der Waals surface area contributed by atoms with Crippen molar-refractivity contribution in [3.63, 3.8) is 0 Å². The smallest absolute Gasteiger partial charge is 0.134 e. The quantitative estimate of drug-likeness (QED) is 0.741. The Morgan fingerprint density at radius 1 is 0.955 bits per heavy atom. The number of nitrogens with zero attached hydrogens (tertiary/aromatic N) is 2. The first-order valence-corrected chi connectivity index (χ1v) is 7.03. The minimum atomic E-state index is 0.0493. The van der Waals surface area contributed by atoms with E-state index in [-0.39, 0.29) is 5.57 Å². The number of nitriles is 2. The minimum absolute atomic E-state index is 0.0493. The van der Waals surface area contributed by atoms with E-state index in [1.807, 2.05) is 60.7 Å². The van der Waals surface area contributed by atoms with Crippen LogP contribution in [0.4, 0.5) is 0 Å². The molecule has 0 saturated heterocycles. The Labute approximate surface area is 130 Å². The zero-order valence-electron chi connectivity index (χ0n) is 12.6. The summed E-state index contributed by atoms with van der Waals surface area (Å²) < 4.78 is 6.03. The van der Waals surface area contributed by atoms with Crippen LogP contribution in [0.1, 0.15) is 30.9 Å². The highest BCUT2D eigenvalue weighted by molar-refractivity contribution is 5.66. The zero-order chi connectivity index (χ0) is 15.9. The zero-order valence-corrected chi connectivity index (χ0v) is 12.6. The van der Waals surface area contributed by atoms with E-state index in [4.69, 9.17) is 15.3 Å². The highest BCUT2D eigenvalue weighted by atomic mass is 16.5. The van der Waals surface area contributed by atoms with Gasteiger partial charge in [0.2, 0.25) is 0 Å². The second-order valence-electron chi connectivity index (χ2n) is 5.11. The van der Waals surface area contributed by atoms with Crippen LogP contribution in [0.25, 0.3) is 6.08 Å². The van der Waals surface area contributed by atoms with Gasteiger partial charge < -0.3 is 4.74 Å². The average molecular weight is 288 g/mol. The molecule has 3 heteroatoms. The molecule has 0 bridgehead atoms. The fraction of sp³-hybridized carbons (Fsp3) is 0.158. The molecule has 0 N–H and O–H groups in total. The van der Waals surface area contributed by atoms with Crippen LogP contribution in [-0.2, 0) is 0 Å². The molecule has 0 aromatic heterocycles. The summed E-state index contributed by atoms with van der Waals surface area (Å²) in [6, 6.07) is 19.0. The highest BCUT2D eigenvalue weighted by Crippen LogP contribution is 2.32. The lowest BCUT2D eigenvalue weighted by molar-refractivity contribution is 0.472. The molecule has 3 nitrogen and oxygen atoms in total. The van der Waals surface area contributed by atoms with Crippen molar-refractivity contribution < 1.29 is 4.74 Å². The summed E-state index contributed by atoms with van der Waals surface area (Å²) in [5, 5.41) is 17.8. The largest absolute Gasteiger partial charge is 0.456 e. The third-order valence-corrected chi connectivity index (χ3v) is 3.22. The molecule has 0 spiro atoms. The standard InChI is InChI=1S/C19H16N2O/c1-14(2)17-8-4-6-10-19(17)22-18-9-5-3-7-16(18)11-15(12-20)13-21/h3-11,14H,1-2H3. The van der Waals surface area contributed by atoms with Crippen LogP contribution in [0.15, 0.2) is 54.1 Å². The Morgan fingerprint density at radius 2 is 1.55 bits per heavy atom. The van der Waals surface area contributed by atoms with E-state index < -0.39 is 0 Å². The number of para-hydroxylation sites is 2. The number of benzene rings is 2. The van der Waals surface area contributed by atoms with Crippen molar-refractivity contribution in [3.8, 4) is 23.6 Å². The topological polar surface area (TPSA) is 56.8 Å². The van der Waals surface area contributed by atoms with Crippen LogP contribution in [0.5, 0.6) is 11.5 Å². The number of ether oxygens (including phenoxy) is 1. The molecule has 0 aliphatic rings. The highest BCUT2D eigenvalue weighted by Gasteiger charge is 2.10. The summed E-state index contributed by atoms with van der Waals surface area (Å²) in [7, 11) is 0. The Balaban J connectivity index is 2.43. The van der Waals surface area contributed by atoms with Gasteiger partial charge in [-0.05, 0) is 29.7 Å². The van der Waals surface area contributed by atoms with E-state index in [9.17, 15) is 0 Å². The lowest BCUT2D eigenvalue weighted by Crippen LogP contribution is -1.95. The maximum absolute atomic E-state index is 8.90. The minimum Gasteiger partial charge on any atom is -0.456 e. The van der Waals surface area contributed by atoms with Gasteiger partial charge in [-0.15, -0.1) is 0 Å². The second-order valence-corrected chi connectivity index (χ2v) is 5.11. The van der Waals surface area contributed by atoms with E-state index in [2.05, 4.69) is 13.8 Å². The molecule has 108 valence electrons. The summed E-state index contributed by atoms with van der Waals surface area (Å²) in [4.78, 5) is 0. The van der Waals surface area contributed by atoms with Gasteiger partial charge in [-0.2, -0.15) is 10.5 Å². The molecule has 0 aliphatic carbocycles. The van der Waals surface area contributed by atoms with Gasteiger partial charge in [-0.1, -0.05) is 50.2 Å². The van der Waals surface area contributed by atoms with E-state index in [1.165, 1.54) is 6.08 Å². The summed E-state index contributed by atoms with van der Waals surface area (Å²) in [6.45, 7) is 4.22. The first kappa shape index (κ1) is 15.4. The van der Waals surface area contributed by atoms with Crippen molar-refractivity contribution in [3.05, 3.63) is 65.2 Å². The average Bonchev–Trinajstić information content (AvgIpc) is 2.54. The predicted octanol–water partition coefficient (Wildman–Crippen LogP) is 5.03. The Morgan fingerprint density at radius 3 is 2.18 bits per heavy atom. The number of hydrogen-bond donors (Lipinski definition) is 0. The molecule has 2 aromatic rings. The SMILES string of the molecule is CC(C)c1ccccc1Oc1ccccc1C=C(C#N)C#N. The molecular weight excluding hydrogens is 272 g/mol. The molecule has 0 atom stereocenters. The first-order chi connectivity index (χ1) is 10.7. The van der Waals surface area contributed by atoms with Gasteiger partial charge in [-0.25, -0.2) is 0 Å². The fourth-order valence-corrected chi connectivity index (χ4v) is 2.11. The maximum atomic E-state index is 8.90. The first-order valence-electron chi connectivity index (χ1n) is 7.03. The molecule has 0 radical (unpaired) electrons. The summed E-state index contributed by atoms with van der Waals surface area (Å²) in [5.74, 6) is 1.75. The normalized spacial score (nSPS) is 9.68. The molecule has 22 heavy (non-hydrogen) atoms. The predicted molar refractivity (Wildman–Crippen MR) is 86.3 cm³/mol. The molecule has 0 heterocycles. The molecule has 0 amide bonds. The van der Waals surface area contributed by atoms with Crippen molar-refractivity contribution in [1.82, 2.24) is 0 Å².